The molecule has 0 aliphatic rings. The van der Waals surface area contributed by atoms with Crippen LogP contribution >= 0.6 is 0 Å². The molecule has 5 heteroatoms. The average Bonchev–Trinajstić information content (AvgIpc) is 2.03. The number of carbonyl (C=O) groups is 2. The molecule has 0 saturated carbocycles. The van der Waals surface area contributed by atoms with Crippen LogP contribution in [0.3, 0.4) is 0 Å². The van der Waals surface area contributed by atoms with E-state index < -0.39 is 5.97 Å². The molecule has 0 fully saturated rings. The van der Waals surface area contributed by atoms with E-state index in [9.17, 15) is 9.59 Å². The summed E-state index contributed by atoms with van der Waals surface area (Å²) in [6, 6.07) is 3.04. The fourth-order valence-electron chi connectivity index (χ4n) is 0.866. The number of pyridine rings is 1. The summed E-state index contributed by atoms with van der Waals surface area (Å²) >= 11 is 0. The first-order valence-electron chi connectivity index (χ1n) is 3.57. The van der Waals surface area contributed by atoms with E-state index in [1.54, 1.807) is 6.07 Å². The van der Waals surface area contributed by atoms with Crippen molar-refractivity contribution in [1.29, 1.82) is 0 Å². The van der Waals surface area contributed by atoms with Crippen molar-refractivity contribution in [1.82, 2.24) is 4.98 Å². The Bertz CT molecular complexity index is 349. The van der Waals surface area contributed by atoms with Crippen molar-refractivity contribution >= 4 is 17.6 Å². The molecule has 0 bridgehead atoms. The SMILES string of the molecule is CC(=O)Nc1cccnc1C(=O)O. The average molecular weight is 180 g/mol. The van der Waals surface area contributed by atoms with Gasteiger partial charge in [-0.2, -0.15) is 0 Å². The summed E-state index contributed by atoms with van der Waals surface area (Å²) in [5.41, 5.74) is 0.0557. The molecule has 0 saturated heterocycles. The van der Waals surface area contributed by atoms with E-state index in [0.717, 1.165) is 0 Å². The van der Waals surface area contributed by atoms with E-state index >= 15 is 0 Å². The number of amides is 1. The number of carbonyl (C=O) groups excluding carboxylic acids is 1. The standard InChI is InChI=1S/C8H8N2O3/c1-5(11)10-6-3-2-4-9-7(6)8(12)13/h2-4H,1H3,(H,10,11)(H,12,13). The van der Waals surface area contributed by atoms with Crippen LogP contribution in [0.4, 0.5) is 5.69 Å². The van der Waals surface area contributed by atoms with E-state index in [-0.39, 0.29) is 17.3 Å². The van der Waals surface area contributed by atoms with Gasteiger partial charge in [-0.1, -0.05) is 0 Å². The molecule has 0 spiro atoms. The highest BCUT2D eigenvalue weighted by Crippen LogP contribution is 2.11. The third kappa shape index (κ3) is 2.26. The number of hydrogen-bond donors (Lipinski definition) is 2. The number of carboxylic acids is 1. The molecule has 1 heterocycles. The molecule has 0 aliphatic carbocycles. The van der Waals surface area contributed by atoms with Crippen LogP contribution in [0.15, 0.2) is 18.3 Å². The van der Waals surface area contributed by atoms with Gasteiger partial charge in [0.25, 0.3) is 0 Å². The van der Waals surface area contributed by atoms with E-state index in [1.165, 1.54) is 19.2 Å². The monoisotopic (exact) mass is 180 g/mol. The third-order valence-electron chi connectivity index (χ3n) is 1.32. The Morgan fingerprint density at radius 1 is 1.54 bits per heavy atom. The summed E-state index contributed by atoms with van der Waals surface area (Å²) in [7, 11) is 0. The largest absolute Gasteiger partial charge is 0.476 e. The lowest BCUT2D eigenvalue weighted by Crippen LogP contribution is -2.11. The van der Waals surface area contributed by atoms with Crippen molar-refractivity contribution in [2.75, 3.05) is 5.32 Å². The number of aromatic nitrogens is 1. The van der Waals surface area contributed by atoms with Crippen molar-refractivity contribution < 1.29 is 14.7 Å². The molecular weight excluding hydrogens is 172 g/mol. The van der Waals surface area contributed by atoms with Gasteiger partial charge in [-0.25, -0.2) is 9.78 Å². The van der Waals surface area contributed by atoms with Crippen LogP contribution in [0.2, 0.25) is 0 Å². The normalized spacial score (nSPS) is 9.31. The number of nitrogens with zero attached hydrogens (tertiary/aromatic N) is 1. The number of anilines is 1. The second-order valence-corrected chi connectivity index (χ2v) is 2.39. The Labute approximate surface area is 74.4 Å². The summed E-state index contributed by atoms with van der Waals surface area (Å²) in [6.07, 6.45) is 1.36. The van der Waals surface area contributed by atoms with Gasteiger partial charge in [-0.05, 0) is 12.1 Å². The molecule has 1 aromatic heterocycles. The summed E-state index contributed by atoms with van der Waals surface area (Å²) in [5, 5.41) is 11.0. The summed E-state index contributed by atoms with van der Waals surface area (Å²) in [5.74, 6) is -1.49. The van der Waals surface area contributed by atoms with Gasteiger partial charge in [0.1, 0.15) is 0 Å². The van der Waals surface area contributed by atoms with Crippen molar-refractivity contribution in [3.63, 3.8) is 0 Å². The molecule has 1 aromatic rings. The molecule has 0 aliphatic heterocycles. The Kier molecular flexibility index (Phi) is 2.59. The van der Waals surface area contributed by atoms with Gasteiger partial charge in [0.2, 0.25) is 5.91 Å². The Hall–Kier alpha value is -1.91. The number of aromatic carboxylic acids is 1. The molecule has 1 amide bonds. The fraction of sp³-hybridized carbons (Fsp3) is 0.125. The lowest BCUT2D eigenvalue weighted by atomic mass is 10.3. The van der Waals surface area contributed by atoms with Crippen LogP contribution in [0.25, 0.3) is 0 Å². The van der Waals surface area contributed by atoms with Gasteiger partial charge in [0.05, 0.1) is 5.69 Å². The Balaban J connectivity index is 3.04. The van der Waals surface area contributed by atoms with Crippen LogP contribution in [0.1, 0.15) is 17.4 Å². The molecule has 5 nitrogen and oxygen atoms in total. The van der Waals surface area contributed by atoms with E-state index in [1.807, 2.05) is 0 Å². The number of carboxylic acid groups (broad SMARTS) is 1. The third-order valence-corrected chi connectivity index (χ3v) is 1.32. The maximum atomic E-state index is 10.7. The number of hydrogen-bond acceptors (Lipinski definition) is 3. The fourth-order valence-corrected chi connectivity index (χ4v) is 0.866. The highest BCUT2D eigenvalue weighted by Gasteiger charge is 2.10. The maximum absolute atomic E-state index is 10.7. The molecule has 0 unspecified atom stereocenters. The molecule has 2 N–H and O–H groups in total. The molecule has 0 radical (unpaired) electrons. The molecule has 13 heavy (non-hydrogen) atoms. The summed E-state index contributed by atoms with van der Waals surface area (Å²) in [6.45, 7) is 1.30. The highest BCUT2D eigenvalue weighted by atomic mass is 16.4. The molecule has 0 atom stereocenters. The van der Waals surface area contributed by atoms with Crippen LogP contribution in [-0.4, -0.2) is 22.0 Å². The van der Waals surface area contributed by atoms with Gasteiger partial charge in [-0.3, -0.25) is 4.79 Å². The number of rotatable bonds is 2. The first kappa shape index (κ1) is 9.18. The quantitative estimate of drug-likeness (QED) is 0.703. The zero-order valence-corrected chi connectivity index (χ0v) is 6.94. The van der Waals surface area contributed by atoms with Crippen LogP contribution < -0.4 is 5.32 Å². The maximum Gasteiger partial charge on any atom is 0.356 e. The van der Waals surface area contributed by atoms with Gasteiger partial charge >= 0.3 is 5.97 Å². The van der Waals surface area contributed by atoms with Gasteiger partial charge in [0, 0.05) is 13.1 Å². The lowest BCUT2D eigenvalue weighted by molar-refractivity contribution is -0.114. The van der Waals surface area contributed by atoms with Crippen LogP contribution in [-0.2, 0) is 4.79 Å². The molecular formula is C8H8N2O3. The zero-order valence-electron chi connectivity index (χ0n) is 6.94. The van der Waals surface area contributed by atoms with Gasteiger partial charge in [0.15, 0.2) is 5.69 Å². The Morgan fingerprint density at radius 3 is 2.77 bits per heavy atom. The van der Waals surface area contributed by atoms with E-state index in [4.69, 9.17) is 5.11 Å². The van der Waals surface area contributed by atoms with Crippen molar-refractivity contribution in [2.45, 2.75) is 6.92 Å². The molecule has 1 rings (SSSR count). The van der Waals surface area contributed by atoms with E-state index in [2.05, 4.69) is 10.3 Å². The summed E-state index contributed by atoms with van der Waals surface area (Å²) < 4.78 is 0. The molecule has 68 valence electrons. The first-order chi connectivity index (χ1) is 6.11. The topological polar surface area (TPSA) is 79.3 Å². The van der Waals surface area contributed by atoms with Crippen molar-refractivity contribution in [3.8, 4) is 0 Å². The van der Waals surface area contributed by atoms with Gasteiger partial charge in [-0.15, -0.1) is 0 Å². The Morgan fingerprint density at radius 2 is 2.23 bits per heavy atom. The van der Waals surface area contributed by atoms with Crippen LogP contribution in [0.5, 0.6) is 0 Å². The van der Waals surface area contributed by atoms with Crippen LogP contribution in [0, 0.1) is 0 Å². The first-order valence-corrected chi connectivity index (χ1v) is 3.57. The minimum Gasteiger partial charge on any atom is -0.476 e. The highest BCUT2D eigenvalue weighted by molar-refractivity contribution is 5.98. The van der Waals surface area contributed by atoms with Crippen molar-refractivity contribution in [3.05, 3.63) is 24.0 Å². The molecule has 0 aromatic carbocycles. The van der Waals surface area contributed by atoms with Gasteiger partial charge < -0.3 is 10.4 Å². The minimum absolute atomic E-state index is 0.155. The second-order valence-electron chi connectivity index (χ2n) is 2.39. The zero-order chi connectivity index (χ0) is 9.84. The summed E-state index contributed by atoms with van der Waals surface area (Å²) in [4.78, 5) is 24.9. The predicted molar refractivity (Wildman–Crippen MR) is 45.5 cm³/mol. The predicted octanol–water partition coefficient (Wildman–Crippen LogP) is 0.738. The number of nitrogens with one attached hydrogen (secondary N) is 1. The van der Waals surface area contributed by atoms with Crippen molar-refractivity contribution in [2.24, 2.45) is 0 Å². The second kappa shape index (κ2) is 3.66. The minimum atomic E-state index is -1.16. The van der Waals surface area contributed by atoms with E-state index in [0.29, 0.717) is 0 Å². The smallest absolute Gasteiger partial charge is 0.356 e. The lowest BCUT2D eigenvalue weighted by Gasteiger charge is -2.03.